The summed E-state index contributed by atoms with van der Waals surface area (Å²) in [4.78, 5) is 10.9. The summed E-state index contributed by atoms with van der Waals surface area (Å²) >= 11 is 0. The normalized spacial score (nSPS) is 14.0. The molecule has 2 aromatic carbocycles. The molecule has 8 heteroatoms. The fourth-order valence-electron chi connectivity index (χ4n) is 3.33. The van der Waals surface area contributed by atoms with Crippen LogP contribution in [-0.2, 0) is 10.1 Å². The Balaban J connectivity index is 1.88. The summed E-state index contributed by atoms with van der Waals surface area (Å²) in [6.45, 7) is 1.85. The van der Waals surface area contributed by atoms with Gasteiger partial charge in [-0.2, -0.15) is 8.42 Å². The van der Waals surface area contributed by atoms with Gasteiger partial charge >= 0.3 is 0 Å². The number of anilines is 2. The third kappa shape index (κ3) is 3.69. The molecule has 1 aliphatic rings. The zero-order valence-corrected chi connectivity index (χ0v) is 16.0. The van der Waals surface area contributed by atoms with E-state index in [0.717, 1.165) is 17.1 Å². The average molecular weight is 397 g/mol. The van der Waals surface area contributed by atoms with Gasteiger partial charge in [-0.05, 0) is 43.7 Å². The highest BCUT2D eigenvalue weighted by Gasteiger charge is 2.33. The summed E-state index contributed by atoms with van der Waals surface area (Å²) in [7, 11) is -4.14. The average Bonchev–Trinajstić information content (AvgIpc) is 2.66. The zero-order valence-electron chi connectivity index (χ0n) is 15.2. The van der Waals surface area contributed by atoms with Gasteiger partial charge in [-0.25, -0.2) is 9.97 Å². The highest BCUT2D eigenvalue weighted by atomic mass is 32.2. The number of ether oxygens (including phenoxy) is 1. The fourth-order valence-corrected chi connectivity index (χ4v) is 3.85. The van der Waals surface area contributed by atoms with Crippen molar-refractivity contribution in [1.82, 2.24) is 9.97 Å². The van der Waals surface area contributed by atoms with Gasteiger partial charge in [0, 0.05) is 11.9 Å². The topological polar surface area (TPSA) is 92.6 Å². The van der Waals surface area contributed by atoms with Crippen molar-refractivity contribution in [2.24, 2.45) is 0 Å². The van der Waals surface area contributed by atoms with E-state index in [4.69, 9.17) is 4.74 Å². The molecule has 2 heterocycles. The molecule has 0 saturated carbocycles. The van der Waals surface area contributed by atoms with Crippen molar-refractivity contribution in [3.63, 3.8) is 0 Å². The third-order valence-corrected chi connectivity index (χ3v) is 5.29. The summed E-state index contributed by atoms with van der Waals surface area (Å²) in [6.07, 6.45) is 1.77. The molecule has 0 radical (unpaired) electrons. The number of fused-ring (bicyclic) bond motifs is 2. The molecule has 0 bridgehead atoms. The molecule has 28 heavy (non-hydrogen) atoms. The van der Waals surface area contributed by atoms with E-state index >= 15 is 0 Å². The molecular weight excluding hydrogens is 378 g/mol. The maximum absolute atomic E-state index is 11.5. The number of aryl methyl sites for hydroxylation is 1. The molecular formula is C20H19N3O4S. The molecule has 1 atom stereocenters. The Morgan fingerprint density at radius 2 is 1.64 bits per heavy atom. The van der Waals surface area contributed by atoms with Crippen molar-refractivity contribution in [2.45, 2.75) is 19.4 Å². The van der Waals surface area contributed by atoms with Gasteiger partial charge in [0.15, 0.2) is 17.3 Å². The Kier molecular flexibility index (Phi) is 4.74. The molecule has 3 aromatic rings. The van der Waals surface area contributed by atoms with Gasteiger partial charge < -0.3 is 9.64 Å². The number of nitrogens with zero attached hydrogens (tertiary/aromatic N) is 3. The third-order valence-electron chi connectivity index (χ3n) is 4.54. The number of aromatic nitrogens is 2. The predicted octanol–water partition coefficient (Wildman–Crippen LogP) is 4.05. The lowest BCUT2D eigenvalue weighted by molar-refractivity contribution is 0.458. The van der Waals surface area contributed by atoms with Gasteiger partial charge in [0.1, 0.15) is 0 Å². The lowest BCUT2D eigenvalue weighted by atomic mass is 10.1. The second-order valence-corrected chi connectivity index (χ2v) is 8.13. The van der Waals surface area contributed by atoms with Crippen LogP contribution in [0.2, 0.25) is 0 Å². The van der Waals surface area contributed by atoms with Crippen LogP contribution in [0.15, 0.2) is 60.8 Å². The maximum atomic E-state index is 11.5. The smallest absolute Gasteiger partial charge is 0.264 e. The molecule has 0 aliphatic carbocycles. The van der Waals surface area contributed by atoms with Gasteiger partial charge in [0.05, 0.1) is 23.2 Å². The van der Waals surface area contributed by atoms with Crippen molar-refractivity contribution in [3.05, 3.63) is 72.3 Å². The SMILES string of the molecule is Cc1ccnc(C(CCS(=O)(=O)O)N2c3ccccc3Oc3ccccc32)n1. The summed E-state index contributed by atoms with van der Waals surface area (Å²) < 4.78 is 38.3. The van der Waals surface area contributed by atoms with Crippen LogP contribution in [0, 0.1) is 6.92 Å². The van der Waals surface area contributed by atoms with Crippen LogP contribution >= 0.6 is 0 Å². The number of hydrogen-bond donors (Lipinski definition) is 1. The highest BCUT2D eigenvalue weighted by Crippen LogP contribution is 2.50. The van der Waals surface area contributed by atoms with Crippen LogP contribution in [0.25, 0.3) is 0 Å². The molecule has 144 valence electrons. The van der Waals surface area contributed by atoms with Crippen molar-refractivity contribution in [3.8, 4) is 11.5 Å². The first-order chi connectivity index (χ1) is 13.4. The first kappa shape index (κ1) is 18.4. The number of hydrogen-bond acceptors (Lipinski definition) is 6. The fraction of sp³-hybridized carbons (Fsp3) is 0.200. The van der Waals surface area contributed by atoms with Crippen LogP contribution in [0.5, 0.6) is 11.5 Å². The zero-order chi connectivity index (χ0) is 19.7. The Labute approximate surface area is 163 Å². The van der Waals surface area contributed by atoms with Crippen LogP contribution in [0.4, 0.5) is 11.4 Å². The lowest BCUT2D eigenvalue weighted by Crippen LogP contribution is -2.30. The van der Waals surface area contributed by atoms with Gasteiger partial charge in [-0.3, -0.25) is 4.55 Å². The number of benzene rings is 2. The van der Waals surface area contributed by atoms with Gasteiger partial charge in [0.25, 0.3) is 10.1 Å². The molecule has 1 unspecified atom stereocenters. The molecule has 0 amide bonds. The molecule has 0 spiro atoms. The Bertz CT molecular complexity index is 1070. The van der Waals surface area contributed by atoms with Crippen LogP contribution in [0.3, 0.4) is 0 Å². The molecule has 1 N–H and O–H groups in total. The van der Waals surface area contributed by atoms with Crippen LogP contribution < -0.4 is 9.64 Å². The summed E-state index contributed by atoms with van der Waals surface area (Å²) in [5.74, 6) is 1.39. The van der Waals surface area contributed by atoms with E-state index in [2.05, 4.69) is 9.97 Å². The minimum absolute atomic E-state index is 0.116. The Morgan fingerprint density at radius 1 is 1.04 bits per heavy atom. The van der Waals surface area contributed by atoms with E-state index in [-0.39, 0.29) is 6.42 Å². The van der Waals surface area contributed by atoms with Gasteiger partial charge in [-0.1, -0.05) is 24.3 Å². The number of para-hydroxylation sites is 4. The monoisotopic (exact) mass is 397 g/mol. The first-order valence-electron chi connectivity index (χ1n) is 8.82. The predicted molar refractivity (Wildman–Crippen MR) is 106 cm³/mol. The van der Waals surface area contributed by atoms with Crippen molar-refractivity contribution >= 4 is 21.5 Å². The molecule has 4 rings (SSSR count). The molecule has 7 nitrogen and oxygen atoms in total. The van der Waals surface area contributed by atoms with E-state index in [1.165, 1.54) is 0 Å². The Hall–Kier alpha value is -2.97. The summed E-state index contributed by atoms with van der Waals surface area (Å²) in [5.41, 5.74) is 2.34. The Morgan fingerprint density at radius 3 is 2.21 bits per heavy atom. The maximum Gasteiger partial charge on any atom is 0.264 e. The number of rotatable bonds is 5. The minimum atomic E-state index is -4.14. The minimum Gasteiger partial charge on any atom is -0.453 e. The van der Waals surface area contributed by atoms with Gasteiger partial charge in [-0.15, -0.1) is 0 Å². The summed E-state index contributed by atoms with van der Waals surface area (Å²) in [6, 6.07) is 16.3. The van der Waals surface area contributed by atoms with Crippen LogP contribution in [-0.4, -0.2) is 28.7 Å². The molecule has 1 aromatic heterocycles. The molecule has 0 saturated heterocycles. The van der Waals surface area contributed by atoms with Crippen LogP contribution in [0.1, 0.15) is 24.0 Å². The van der Waals surface area contributed by atoms with Gasteiger partial charge in [0.2, 0.25) is 0 Å². The first-order valence-corrected chi connectivity index (χ1v) is 10.4. The quantitative estimate of drug-likeness (QED) is 0.649. The van der Waals surface area contributed by atoms with E-state index in [1.54, 1.807) is 12.3 Å². The summed E-state index contributed by atoms with van der Waals surface area (Å²) in [5, 5.41) is 0. The van der Waals surface area contributed by atoms with E-state index in [0.29, 0.717) is 17.3 Å². The van der Waals surface area contributed by atoms with E-state index < -0.39 is 21.9 Å². The van der Waals surface area contributed by atoms with Crippen molar-refractivity contribution in [2.75, 3.05) is 10.7 Å². The van der Waals surface area contributed by atoms with Crippen molar-refractivity contribution < 1.29 is 17.7 Å². The highest BCUT2D eigenvalue weighted by molar-refractivity contribution is 7.85. The lowest BCUT2D eigenvalue weighted by Gasteiger charge is -2.37. The van der Waals surface area contributed by atoms with E-state index in [9.17, 15) is 13.0 Å². The largest absolute Gasteiger partial charge is 0.453 e. The molecule has 1 aliphatic heterocycles. The van der Waals surface area contributed by atoms with Crippen molar-refractivity contribution in [1.29, 1.82) is 0 Å². The second kappa shape index (κ2) is 7.21. The second-order valence-electron chi connectivity index (χ2n) is 6.55. The van der Waals surface area contributed by atoms with E-state index in [1.807, 2.05) is 60.4 Å². The molecule has 0 fully saturated rings. The standard InChI is InChI=1S/C20H19N3O4S/c1-14-10-12-21-20(22-14)17(11-13-28(24,25)26)23-15-6-2-4-8-18(15)27-19-9-5-3-7-16(19)23/h2-10,12,17H,11,13H2,1H3,(H,24,25,26).